The van der Waals surface area contributed by atoms with Gasteiger partial charge in [-0.3, -0.25) is 4.79 Å². The average molecular weight is 375 g/mol. The number of carbonyl (C=O) groups is 2. The number of benzene rings is 2. The van der Waals surface area contributed by atoms with Crippen molar-refractivity contribution in [2.75, 3.05) is 19.0 Å². The monoisotopic (exact) mass is 375 g/mol. The average Bonchev–Trinajstić information content (AvgIpc) is 2.65. The molecule has 1 atom stereocenters. The summed E-state index contributed by atoms with van der Waals surface area (Å²) >= 11 is 0. The van der Waals surface area contributed by atoms with Crippen LogP contribution < -0.4 is 26.3 Å². The molecule has 2 aromatic rings. The standard InChI is InChI=1S/C18H21N3O6/c1-25-14-8-13(21-16(22)10-27-18(20)24)12(17(19)23)7-15(14)26-9-11-5-3-2-4-6-11/h2-8,16,21-22H,9-10H2,1H3,(H2,19,23)(H2,20,24). The van der Waals surface area contributed by atoms with E-state index in [9.17, 15) is 14.7 Å². The van der Waals surface area contributed by atoms with Gasteiger partial charge >= 0.3 is 6.09 Å². The zero-order valence-corrected chi connectivity index (χ0v) is 14.7. The van der Waals surface area contributed by atoms with Crippen LogP contribution >= 0.6 is 0 Å². The third-order valence-corrected chi connectivity index (χ3v) is 3.51. The molecule has 2 amide bonds. The fourth-order valence-electron chi connectivity index (χ4n) is 2.27. The molecule has 0 aliphatic heterocycles. The highest BCUT2D eigenvalue weighted by atomic mass is 16.6. The summed E-state index contributed by atoms with van der Waals surface area (Å²) in [6.07, 6.45) is -2.34. The highest BCUT2D eigenvalue weighted by Crippen LogP contribution is 2.34. The molecule has 0 bridgehead atoms. The molecule has 0 aliphatic rings. The molecule has 1 unspecified atom stereocenters. The normalized spacial score (nSPS) is 11.3. The molecule has 9 nitrogen and oxygen atoms in total. The lowest BCUT2D eigenvalue weighted by Gasteiger charge is -2.19. The van der Waals surface area contributed by atoms with E-state index in [2.05, 4.69) is 10.1 Å². The summed E-state index contributed by atoms with van der Waals surface area (Å²) in [6.45, 7) is -0.153. The zero-order valence-electron chi connectivity index (χ0n) is 14.7. The van der Waals surface area contributed by atoms with Gasteiger partial charge in [0.25, 0.3) is 5.91 Å². The number of methoxy groups -OCH3 is 1. The maximum Gasteiger partial charge on any atom is 0.404 e. The van der Waals surface area contributed by atoms with Gasteiger partial charge in [0.2, 0.25) is 0 Å². The van der Waals surface area contributed by atoms with E-state index in [1.807, 2.05) is 30.3 Å². The van der Waals surface area contributed by atoms with E-state index in [0.717, 1.165) is 5.56 Å². The number of carbonyl (C=O) groups excluding carboxylic acids is 2. The summed E-state index contributed by atoms with van der Waals surface area (Å²) < 4.78 is 15.5. The van der Waals surface area contributed by atoms with Gasteiger partial charge < -0.3 is 36.1 Å². The van der Waals surface area contributed by atoms with Gasteiger partial charge in [-0.15, -0.1) is 0 Å². The first-order valence-corrected chi connectivity index (χ1v) is 7.96. The van der Waals surface area contributed by atoms with Crippen LogP contribution in [0.15, 0.2) is 42.5 Å². The minimum Gasteiger partial charge on any atom is -0.493 e. The summed E-state index contributed by atoms with van der Waals surface area (Å²) in [5.41, 5.74) is 11.5. The van der Waals surface area contributed by atoms with Crippen molar-refractivity contribution in [3.63, 3.8) is 0 Å². The topological polar surface area (TPSA) is 146 Å². The van der Waals surface area contributed by atoms with Crippen LogP contribution in [0, 0.1) is 0 Å². The predicted molar refractivity (Wildman–Crippen MR) is 97.5 cm³/mol. The molecule has 0 radical (unpaired) electrons. The molecule has 2 rings (SSSR count). The fourth-order valence-corrected chi connectivity index (χ4v) is 2.27. The van der Waals surface area contributed by atoms with Crippen molar-refractivity contribution in [2.45, 2.75) is 12.8 Å². The lowest BCUT2D eigenvalue weighted by Crippen LogP contribution is -2.29. The van der Waals surface area contributed by atoms with Crippen molar-refractivity contribution in [3.8, 4) is 11.5 Å². The molecule has 0 heterocycles. The van der Waals surface area contributed by atoms with Gasteiger partial charge in [0.15, 0.2) is 17.7 Å². The SMILES string of the molecule is COc1cc(NC(O)COC(N)=O)c(C(N)=O)cc1OCc1ccccc1. The van der Waals surface area contributed by atoms with Gasteiger partial charge in [0, 0.05) is 6.07 Å². The minimum atomic E-state index is -1.31. The summed E-state index contributed by atoms with van der Waals surface area (Å²) in [5.74, 6) is -0.113. The Labute approximate surface area is 155 Å². The Morgan fingerprint density at radius 1 is 1.15 bits per heavy atom. The maximum absolute atomic E-state index is 11.8. The minimum absolute atomic E-state index is 0.0667. The van der Waals surface area contributed by atoms with Gasteiger partial charge in [-0.25, -0.2) is 4.79 Å². The molecule has 0 saturated carbocycles. The summed E-state index contributed by atoms with van der Waals surface area (Å²) in [7, 11) is 1.44. The second-order valence-electron chi connectivity index (χ2n) is 5.48. The van der Waals surface area contributed by atoms with Crippen molar-refractivity contribution in [1.82, 2.24) is 0 Å². The van der Waals surface area contributed by atoms with E-state index in [-0.39, 0.29) is 17.9 Å². The van der Waals surface area contributed by atoms with Crippen LogP contribution in [0.5, 0.6) is 11.5 Å². The Hall–Kier alpha value is -3.46. The van der Waals surface area contributed by atoms with Gasteiger partial charge in [-0.1, -0.05) is 30.3 Å². The first-order valence-electron chi connectivity index (χ1n) is 7.96. The zero-order chi connectivity index (χ0) is 19.8. The van der Waals surface area contributed by atoms with Crippen LogP contribution in [-0.2, 0) is 11.3 Å². The van der Waals surface area contributed by atoms with E-state index in [1.54, 1.807) is 0 Å². The molecule has 144 valence electrons. The number of amides is 2. The first-order chi connectivity index (χ1) is 12.9. The lowest BCUT2D eigenvalue weighted by molar-refractivity contribution is 0.0876. The van der Waals surface area contributed by atoms with Crippen molar-refractivity contribution < 1.29 is 28.9 Å². The Bertz CT molecular complexity index is 797. The van der Waals surface area contributed by atoms with Gasteiger partial charge in [-0.2, -0.15) is 0 Å². The third-order valence-electron chi connectivity index (χ3n) is 3.51. The Kier molecular flexibility index (Phi) is 6.84. The van der Waals surface area contributed by atoms with Crippen molar-refractivity contribution in [2.24, 2.45) is 11.5 Å². The van der Waals surface area contributed by atoms with E-state index in [0.29, 0.717) is 11.5 Å². The number of nitrogens with two attached hydrogens (primary N) is 2. The summed E-state index contributed by atoms with van der Waals surface area (Å²) in [6, 6.07) is 12.3. The molecule has 0 aromatic heterocycles. The van der Waals surface area contributed by atoms with E-state index in [4.69, 9.17) is 20.9 Å². The number of nitrogens with one attached hydrogen (secondary N) is 1. The number of primary amides is 2. The quantitative estimate of drug-likeness (QED) is 0.482. The van der Waals surface area contributed by atoms with Gasteiger partial charge in [0.1, 0.15) is 13.2 Å². The maximum atomic E-state index is 11.8. The second-order valence-corrected chi connectivity index (χ2v) is 5.48. The highest BCUT2D eigenvalue weighted by Gasteiger charge is 2.18. The number of aliphatic hydroxyl groups is 1. The highest BCUT2D eigenvalue weighted by molar-refractivity contribution is 5.99. The van der Waals surface area contributed by atoms with Crippen LogP contribution in [0.25, 0.3) is 0 Å². The van der Waals surface area contributed by atoms with Crippen molar-refractivity contribution in [1.29, 1.82) is 0 Å². The molecule has 6 N–H and O–H groups in total. The molecular formula is C18H21N3O6. The number of hydrogen-bond acceptors (Lipinski definition) is 7. The number of aliphatic hydroxyl groups excluding tert-OH is 1. The molecule has 9 heteroatoms. The Morgan fingerprint density at radius 2 is 1.85 bits per heavy atom. The number of rotatable bonds is 9. The molecule has 0 aliphatic carbocycles. The van der Waals surface area contributed by atoms with E-state index in [1.165, 1.54) is 19.2 Å². The first kappa shape index (κ1) is 19.9. The van der Waals surface area contributed by atoms with Crippen LogP contribution in [0.3, 0.4) is 0 Å². The molecular weight excluding hydrogens is 354 g/mol. The molecule has 0 spiro atoms. The second kappa shape index (κ2) is 9.30. The molecule has 2 aromatic carbocycles. The predicted octanol–water partition coefficient (Wildman–Crippen LogP) is 1.20. The molecule has 27 heavy (non-hydrogen) atoms. The summed E-state index contributed by atoms with van der Waals surface area (Å²) in [5, 5.41) is 12.5. The van der Waals surface area contributed by atoms with Crippen molar-refractivity contribution >= 4 is 17.7 Å². The Morgan fingerprint density at radius 3 is 2.44 bits per heavy atom. The van der Waals surface area contributed by atoms with Gasteiger partial charge in [-0.05, 0) is 11.6 Å². The third kappa shape index (κ3) is 5.79. The smallest absolute Gasteiger partial charge is 0.404 e. The largest absolute Gasteiger partial charge is 0.493 e. The van der Waals surface area contributed by atoms with E-state index >= 15 is 0 Å². The van der Waals surface area contributed by atoms with Gasteiger partial charge in [0.05, 0.1) is 18.4 Å². The lowest BCUT2D eigenvalue weighted by atomic mass is 10.1. The van der Waals surface area contributed by atoms with Crippen LogP contribution in [0.1, 0.15) is 15.9 Å². The van der Waals surface area contributed by atoms with Crippen LogP contribution in [-0.4, -0.2) is 37.1 Å². The molecule has 0 fully saturated rings. The molecule has 0 saturated heterocycles. The van der Waals surface area contributed by atoms with Crippen LogP contribution in [0.4, 0.5) is 10.5 Å². The fraction of sp³-hybridized carbons (Fsp3) is 0.222. The van der Waals surface area contributed by atoms with Crippen molar-refractivity contribution in [3.05, 3.63) is 53.6 Å². The number of hydrogen-bond donors (Lipinski definition) is 4. The summed E-state index contributed by atoms with van der Waals surface area (Å²) in [4.78, 5) is 22.4. The van der Waals surface area contributed by atoms with E-state index < -0.39 is 24.8 Å². The Balaban J connectivity index is 2.22. The van der Waals surface area contributed by atoms with Crippen LogP contribution in [0.2, 0.25) is 0 Å². The number of anilines is 1. The number of ether oxygens (including phenoxy) is 3.